The lowest BCUT2D eigenvalue weighted by Gasteiger charge is -2.08. The zero-order chi connectivity index (χ0) is 17.9. The molecule has 4 aromatic rings. The van der Waals surface area contributed by atoms with Gasteiger partial charge in [-0.1, -0.05) is 18.5 Å². The van der Waals surface area contributed by atoms with E-state index in [9.17, 15) is 0 Å². The second-order valence-electron chi connectivity index (χ2n) is 5.27. The predicted molar refractivity (Wildman–Crippen MR) is 94.7 cm³/mol. The first-order valence-electron chi connectivity index (χ1n) is 7.83. The number of H-pyrrole nitrogens is 1. The number of aromatic amines is 1. The van der Waals surface area contributed by atoms with Gasteiger partial charge in [-0.05, 0) is 18.6 Å². The van der Waals surface area contributed by atoms with Crippen molar-refractivity contribution in [1.82, 2.24) is 29.9 Å². The first-order chi connectivity index (χ1) is 12.7. The quantitative estimate of drug-likeness (QED) is 0.569. The Morgan fingerprint density at radius 3 is 2.58 bits per heavy atom. The lowest BCUT2D eigenvalue weighted by Crippen LogP contribution is -1.97. The van der Waals surface area contributed by atoms with Crippen molar-refractivity contribution in [2.75, 3.05) is 0 Å². The Labute approximate surface area is 153 Å². The van der Waals surface area contributed by atoms with Crippen LogP contribution in [0.25, 0.3) is 11.0 Å². The van der Waals surface area contributed by atoms with Gasteiger partial charge in [-0.25, -0.2) is 9.97 Å². The number of aryl methyl sites for hydroxylation is 1. The molecule has 4 rings (SSSR count). The summed E-state index contributed by atoms with van der Waals surface area (Å²) in [5.74, 6) is 1.19. The molecule has 4 aromatic heterocycles. The molecule has 9 heteroatoms. The Bertz CT molecular complexity index is 1040. The molecule has 0 atom stereocenters. The van der Waals surface area contributed by atoms with E-state index in [1.165, 1.54) is 18.7 Å². The molecule has 8 nitrogen and oxygen atoms in total. The van der Waals surface area contributed by atoms with Crippen molar-refractivity contribution >= 4 is 22.6 Å². The molecule has 0 aliphatic rings. The van der Waals surface area contributed by atoms with E-state index in [0.717, 1.165) is 5.69 Å². The summed E-state index contributed by atoms with van der Waals surface area (Å²) in [5, 5.41) is 1.09. The lowest BCUT2D eigenvalue weighted by molar-refractivity contribution is 0.414. The van der Waals surface area contributed by atoms with Crippen LogP contribution in [0, 0.1) is 0 Å². The van der Waals surface area contributed by atoms with Gasteiger partial charge in [-0.2, -0.15) is 9.97 Å². The Hall–Kier alpha value is -3.26. The maximum atomic E-state index is 6.47. The van der Waals surface area contributed by atoms with Crippen LogP contribution in [0.5, 0.6) is 23.4 Å². The summed E-state index contributed by atoms with van der Waals surface area (Å²) in [6.45, 7) is 1.99. The molecule has 0 unspecified atom stereocenters. The van der Waals surface area contributed by atoms with Crippen LogP contribution >= 0.6 is 11.6 Å². The summed E-state index contributed by atoms with van der Waals surface area (Å²) in [5.41, 5.74) is 1.36. The van der Waals surface area contributed by atoms with Crippen LogP contribution in [0.15, 0.2) is 43.2 Å². The van der Waals surface area contributed by atoms with Crippen LogP contribution in [0.4, 0.5) is 0 Å². The third kappa shape index (κ3) is 3.14. The van der Waals surface area contributed by atoms with E-state index in [0.29, 0.717) is 34.0 Å². The van der Waals surface area contributed by atoms with Gasteiger partial charge in [-0.15, -0.1) is 0 Å². The number of pyridine rings is 1. The largest absolute Gasteiger partial charge is 0.435 e. The average Bonchev–Trinajstić information content (AvgIpc) is 2.99. The van der Waals surface area contributed by atoms with Crippen molar-refractivity contribution in [3.05, 3.63) is 54.0 Å². The van der Waals surface area contributed by atoms with Gasteiger partial charge >= 0.3 is 6.01 Å². The molecule has 0 spiro atoms. The zero-order valence-corrected chi connectivity index (χ0v) is 14.4. The van der Waals surface area contributed by atoms with E-state index in [1.807, 2.05) is 6.92 Å². The third-order valence-electron chi connectivity index (χ3n) is 3.56. The number of halogens is 1. The van der Waals surface area contributed by atoms with Gasteiger partial charge in [0.1, 0.15) is 23.1 Å². The molecule has 0 amide bonds. The molecule has 0 aliphatic carbocycles. The van der Waals surface area contributed by atoms with Crippen LogP contribution in [0.3, 0.4) is 0 Å². The van der Waals surface area contributed by atoms with E-state index >= 15 is 0 Å². The fourth-order valence-corrected chi connectivity index (χ4v) is 2.73. The number of aromatic nitrogens is 6. The number of nitrogens with one attached hydrogen (secondary N) is 1. The minimum absolute atomic E-state index is 0.109. The van der Waals surface area contributed by atoms with Gasteiger partial charge in [0.15, 0.2) is 5.75 Å². The Kier molecular flexibility index (Phi) is 4.32. The molecule has 0 saturated heterocycles. The standard InChI is InChI=1S/C17H13ClN6O2/c1-2-12-14(18)13-15(22-12)23-17(26-10-4-3-5-19-6-10)24-16(13)25-11-7-20-9-21-8-11/h3-9H,2H2,1H3,(H,22,23,24). The zero-order valence-electron chi connectivity index (χ0n) is 13.7. The fourth-order valence-electron chi connectivity index (χ4n) is 2.38. The molecule has 1 N–H and O–H groups in total. The van der Waals surface area contributed by atoms with Crippen molar-refractivity contribution in [2.24, 2.45) is 0 Å². The maximum Gasteiger partial charge on any atom is 0.327 e. The number of hydrogen-bond donors (Lipinski definition) is 1. The molecule has 0 aliphatic heterocycles. The lowest BCUT2D eigenvalue weighted by atomic mass is 10.3. The van der Waals surface area contributed by atoms with Crippen molar-refractivity contribution in [1.29, 1.82) is 0 Å². The Morgan fingerprint density at radius 2 is 1.85 bits per heavy atom. The Morgan fingerprint density at radius 1 is 1.04 bits per heavy atom. The van der Waals surface area contributed by atoms with Gasteiger partial charge in [0.25, 0.3) is 0 Å². The highest BCUT2D eigenvalue weighted by molar-refractivity contribution is 6.36. The van der Waals surface area contributed by atoms with E-state index < -0.39 is 0 Å². The van der Waals surface area contributed by atoms with Crippen molar-refractivity contribution in [2.45, 2.75) is 13.3 Å². The average molecular weight is 369 g/mol. The van der Waals surface area contributed by atoms with Crippen molar-refractivity contribution in [3.63, 3.8) is 0 Å². The van der Waals surface area contributed by atoms with Crippen molar-refractivity contribution in [3.8, 4) is 23.4 Å². The molecule has 4 heterocycles. The van der Waals surface area contributed by atoms with Crippen LogP contribution in [0.1, 0.15) is 12.6 Å². The molecule has 130 valence electrons. The molecular weight excluding hydrogens is 356 g/mol. The minimum Gasteiger partial charge on any atom is -0.435 e. The second kappa shape index (κ2) is 6.93. The summed E-state index contributed by atoms with van der Waals surface area (Å²) < 4.78 is 11.5. The molecule has 26 heavy (non-hydrogen) atoms. The first kappa shape index (κ1) is 16.2. The van der Waals surface area contributed by atoms with E-state index in [-0.39, 0.29) is 11.9 Å². The normalized spacial score (nSPS) is 10.8. The second-order valence-corrected chi connectivity index (χ2v) is 5.65. The molecule has 0 aromatic carbocycles. The number of nitrogens with zero attached hydrogens (tertiary/aromatic N) is 5. The number of rotatable bonds is 5. The van der Waals surface area contributed by atoms with E-state index in [2.05, 4.69) is 29.9 Å². The van der Waals surface area contributed by atoms with Crippen molar-refractivity contribution < 1.29 is 9.47 Å². The molecule has 0 fully saturated rings. The summed E-state index contributed by atoms with van der Waals surface area (Å²) in [7, 11) is 0. The first-order valence-corrected chi connectivity index (χ1v) is 8.21. The number of fused-ring (bicyclic) bond motifs is 1. The van der Waals surface area contributed by atoms with Crippen LogP contribution in [0.2, 0.25) is 5.02 Å². The summed E-state index contributed by atoms with van der Waals surface area (Å²) in [6.07, 6.45) is 8.41. The third-order valence-corrected chi connectivity index (χ3v) is 3.97. The summed E-state index contributed by atoms with van der Waals surface area (Å²) in [4.78, 5) is 23.8. The van der Waals surface area contributed by atoms with Gasteiger partial charge in [-0.3, -0.25) is 4.98 Å². The fraction of sp³-hybridized carbons (Fsp3) is 0.118. The minimum atomic E-state index is 0.109. The monoisotopic (exact) mass is 368 g/mol. The molecular formula is C17H13ClN6O2. The topological polar surface area (TPSA) is 98.7 Å². The van der Waals surface area contributed by atoms with Gasteiger partial charge in [0.2, 0.25) is 5.88 Å². The summed E-state index contributed by atoms with van der Waals surface area (Å²) in [6, 6.07) is 3.62. The smallest absolute Gasteiger partial charge is 0.327 e. The predicted octanol–water partition coefficient (Wildman–Crippen LogP) is 3.94. The van der Waals surface area contributed by atoms with Gasteiger partial charge < -0.3 is 14.5 Å². The maximum absolute atomic E-state index is 6.47. The summed E-state index contributed by atoms with van der Waals surface area (Å²) >= 11 is 6.47. The molecule has 0 radical (unpaired) electrons. The van der Waals surface area contributed by atoms with Gasteiger partial charge in [0, 0.05) is 11.9 Å². The van der Waals surface area contributed by atoms with Crippen LogP contribution in [-0.2, 0) is 6.42 Å². The highest BCUT2D eigenvalue weighted by Crippen LogP contribution is 2.36. The van der Waals surface area contributed by atoms with E-state index in [4.69, 9.17) is 21.1 Å². The SMILES string of the molecule is CCc1[nH]c2nc(Oc3cccnc3)nc(Oc3cncnc3)c2c1Cl. The van der Waals surface area contributed by atoms with E-state index in [1.54, 1.807) is 24.5 Å². The molecule has 0 bridgehead atoms. The van der Waals surface area contributed by atoms with Gasteiger partial charge in [0.05, 0.1) is 23.6 Å². The van der Waals surface area contributed by atoms with Crippen LogP contribution < -0.4 is 9.47 Å². The number of ether oxygens (including phenoxy) is 2. The Balaban J connectivity index is 1.81. The highest BCUT2D eigenvalue weighted by atomic mass is 35.5. The highest BCUT2D eigenvalue weighted by Gasteiger charge is 2.19. The number of hydrogen-bond acceptors (Lipinski definition) is 7. The van der Waals surface area contributed by atoms with Crippen LogP contribution in [-0.4, -0.2) is 29.9 Å². The molecule has 0 saturated carbocycles.